The van der Waals surface area contributed by atoms with Crippen LogP contribution in [-0.2, 0) is 14.8 Å². The van der Waals surface area contributed by atoms with E-state index in [1.54, 1.807) is 0 Å². The number of rotatable bonds is 7. The number of hydrogen-bond donors (Lipinski definition) is 3. The molecule has 0 radical (unpaired) electrons. The van der Waals surface area contributed by atoms with Crippen molar-refractivity contribution in [1.82, 2.24) is 9.71 Å². The van der Waals surface area contributed by atoms with Crippen molar-refractivity contribution in [3.8, 4) is 0 Å². The molecule has 3 N–H and O–H groups in total. The number of aromatic amines is 1. The highest BCUT2D eigenvalue weighted by Crippen LogP contribution is 2.10. The van der Waals surface area contributed by atoms with E-state index in [0.717, 1.165) is 0 Å². The third-order valence-electron chi connectivity index (χ3n) is 2.26. The summed E-state index contributed by atoms with van der Waals surface area (Å²) in [5.74, 6) is -1.01. The number of aromatic nitrogens is 1. The number of hydrogen-bond acceptors (Lipinski definition) is 3. The molecule has 0 amide bonds. The van der Waals surface area contributed by atoms with Crippen molar-refractivity contribution in [2.24, 2.45) is 0 Å². The van der Waals surface area contributed by atoms with Crippen LogP contribution in [0.4, 0.5) is 0 Å². The Morgan fingerprint density at radius 2 is 2.29 bits per heavy atom. The minimum absolute atomic E-state index is 0.115. The third-order valence-corrected chi connectivity index (χ3v) is 3.78. The van der Waals surface area contributed by atoms with Gasteiger partial charge in [-0.05, 0) is 12.5 Å². The van der Waals surface area contributed by atoms with Crippen molar-refractivity contribution in [2.75, 3.05) is 0 Å². The second-order valence-corrected chi connectivity index (χ2v) is 5.47. The first-order chi connectivity index (χ1) is 7.95. The molecule has 7 heteroatoms. The molecule has 1 unspecified atom stereocenters. The fraction of sp³-hybridized carbons (Fsp3) is 0.500. The zero-order valence-corrected chi connectivity index (χ0v) is 10.3. The maximum atomic E-state index is 11.8. The molecule has 1 aromatic heterocycles. The van der Waals surface area contributed by atoms with E-state index >= 15 is 0 Å². The van der Waals surface area contributed by atoms with Crippen molar-refractivity contribution in [3.05, 3.63) is 18.5 Å². The Morgan fingerprint density at radius 1 is 1.59 bits per heavy atom. The van der Waals surface area contributed by atoms with Crippen LogP contribution in [0.15, 0.2) is 23.4 Å². The van der Waals surface area contributed by atoms with Crippen LogP contribution in [0.2, 0.25) is 0 Å². The van der Waals surface area contributed by atoms with E-state index in [1.165, 1.54) is 18.5 Å². The van der Waals surface area contributed by atoms with Crippen LogP contribution >= 0.6 is 0 Å². The van der Waals surface area contributed by atoms with Crippen LogP contribution in [0.1, 0.15) is 26.2 Å². The SMILES string of the molecule is CCCC(CC(=O)O)NS(=O)(=O)c1cc[nH]c1. The average molecular weight is 260 g/mol. The van der Waals surface area contributed by atoms with Gasteiger partial charge < -0.3 is 10.1 Å². The maximum absolute atomic E-state index is 11.8. The Labute approximate surface area is 100 Å². The van der Waals surface area contributed by atoms with Crippen LogP contribution in [0.3, 0.4) is 0 Å². The molecule has 6 nitrogen and oxygen atoms in total. The minimum atomic E-state index is -3.63. The van der Waals surface area contributed by atoms with Crippen LogP contribution in [0, 0.1) is 0 Å². The first kappa shape index (κ1) is 13.7. The predicted molar refractivity (Wildman–Crippen MR) is 62.1 cm³/mol. The van der Waals surface area contributed by atoms with Gasteiger partial charge in [0.15, 0.2) is 0 Å². The zero-order chi connectivity index (χ0) is 12.9. The van der Waals surface area contributed by atoms with E-state index in [2.05, 4.69) is 9.71 Å². The summed E-state index contributed by atoms with van der Waals surface area (Å²) in [6, 6.07) is 0.851. The summed E-state index contributed by atoms with van der Waals surface area (Å²) in [5, 5.41) is 8.70. The average Bonchev–Trinajstić information content (AvgIpc) is 2.69. The van der Waals surface area contributed by atoms with Gasteiger partial charge in [-0.25, -0.2) is 13.1 Å². The fourth-order valence-corrected chi connectivity index (χ4v) is 2.77. The molecule has 0 fully saturated rings. The van der Waals surface area contributed by atoms with Gasteiger partial charge in [0.05, 0.1) is 11.3 Å². The number of carboxylic acids is 1. The van der Waals surface area contributed by atoms with E-state index in [-0.39, 0.29) is 11.3 Å². The third kappa shape index (κ3) is 4.20. The molecule has 1 aromatic rings. The van der Waals surface area contributed by atoms with E-state index in [9.17, 15) is 13.2 Å². The molecule has 0 aliphatic heterocycles. The van der Waals surface area contributed by atoms with Crippen molar-refractivity contribution >= 4 is 16.0 Å². The fourth-order valence-electron chi connectivity index (χ4n) is 1.53. The summed E-state index contributed by atoms with van der Waals surface area (Å²) in [4.78, 5) is 13.4. The van der Waals surface area contributed by atoms with Crippen molar-refractivity contribution in [3.63, 3.8) is 0 Å². The summed E-state index contributed by atoms with van der Waals surface area (Å²) < 4.78 is 26.1. The molecule has 96 valence electrons. The van der Waals surface area contributed by atoms with Crippen LogP contribution in [0.5, 0.6) is 0 Å². The van der Waals surface area contributed by atoms with Crippen molar-refractivity contribution < 1.29 is 18.3 Å². The van der Waals surface area contributed by atoms with Crippen molar-refractivity contribution in [1.29, 1.82) is 0 Å². The molecule has 0 aliphatic rings. The molecule has 0 bridgehead atoms. The number of aliphatic carboxylic acids is 1. The minimum Gasteiger partial charge on any atom is -0.481 e. The highest BCUT2D eigenvalue weighted by molar-refractivity contribution is 7.89. The normalized spacial score (nSPS) is 13.5. The van der Waals surface area contributed by atoms with Crippen LogP contribution in [0.25, 0.3) is 0 Å². The standard InChI is InChI=1S/C10H16N2O4S/c1-2-3-8(6-10(13)14)12-17(15,16)9-4-5-11-7-9/h4-5,7-8,11-12H,2-3,6H2,1H3,(H,13,14). The van der Waals surface area contributed by atoms with E-state index in [4.69, 9.17) is 5.11 Å². The maximum Gasteiger partial charge on any atom is 0.304 e. The first-order valence-electron chi connectivity index (χ1n) is 5.32. The molecule has 17 heavy (non-hydrogen) atoms. The van der Waals surface area contributed by atoms with Gasteiger partial charge in [0.25, 0.3) is 0 Å². The summed E-state index contributed by atoms with van der Waals surface area (Å²) in [5.41, 5.74) is 0. The summed E-state index contributed by atoms with van der Waals surface area (Å²) in [6.45, 7) is 1.87. The van der Waals surface area contributed by atoms with Gasteiger partial charge in [0.2, 0.25) is 10.0 Å². The molecule has 0 saturated heterocycles. The zero-order valence-electron chi connectivity index (χ0n) is 9.51. The number of nitrogens with one attached hydrogen (secondary N) is 2. The second kappa shape index (κ2) is 5.83. The second-order valence-electron chi connectivity index (χ2n) is 3.75. The lowest BCUT2D eigenvalue weighted by molar-refractivity contribution is -0.137. The Kier molecular flexibility index (Phi) is 4.71. The molecule has 0 saturated carbocycles. The number of carbonyl (C=O) groups is 1. The van der Waals surface area contributed by atoms with Gasteiger partial charge in [0.1, 0.15) is 0 Å². The molecule has 0 aromatic carbocycles. The predicted octanol–water partition coefficient (Wildman–Crippen LogP) is 0.936. The molecule has 0 spiro atoms. The molecule has 1 rings (SSSR count). The first-order valence-corrected chi connectivity index (χ1v) is 6.81. The lowest BCUT2D eigenvalue weighted by Crippen LogP contribution is -2.36. The van der Waals surface area contributed by atoms with Gasteiger partial charge in [-0.2, -0.15) is 0 Å². The van der Waals surface area contributed by atoms with Gasteiger partial charge in [-0.1, -0.05) is 13.3 Å². The van der Waals surface area contributed by atoms with Gasteiger partial charge >= 0.3 is 5.97 Å². The van der Waals surface area contributed by atoms with E-state index < -0.39 is 22.0 Å². The number of carboxylic acid groups (broad SMARTS) is 1. The summed E-state index contributed by atoms with van der Waals surface area (Å²) in [7, 11) is -3.63. The molecule has 1 atom stereocenters. The number of H-pyrrole nitrogens is 1. The molecule has 0 aliphatic carbocycles. The molecular weight excluding hydrogens is 244 g/mol. The number of sulfonamides is 1. The topological polar surface area (TPSA) is 99.3 Å². The van der Waals surface area contributed by atoms with E-state index in [1.807, 2.05) is 6.92 Å². The highest BCUT2D eigenvalue weighted by atomic mass is 32.2. The smallest absolute Gasteiger partial charge is 0.304 e. The monoisotopic (exact) mass is 260 g/mol. The lowest BCUT2D eigenvalue weighted by atomic mass is 10.1. The van der Waals surface area contributed by atoms with Crippen LogP contribution < -0.4 is 4.72 Å². The Balaban J connectivity index is 2.76. The van der Waals surface area contributed by atoms with Gasteiger partial charge in [-0.15, -0.1) is 0 Å². The molecule has 1 heterocycles. The van der Waals surface area contributed by atoms with Gasteiger partial charge in [-0.3, -0.25) is 4.79 Å². The lowest BCUT2D eigenvalue weighted by Gasteiger charge is -2.15. The Hall–Kier alpha value is -1.34. The Morgan fingerprint density at radius 3 is 2.76 bits per heavy atom. The van der Waals surface area contributed by atoms with Crippen molar-refractivity contribution in [2.45, 2.75) is 37.1 Å². The summed E-state index contributed by atoms with van der Waals surface area (Å²) in [6.07, 6.45) is 3.85. The van der Waals surface area contributed by atoms with Gasteiger partial charge in [0, 0.05) is 18.4 Å². The van der Waals surface area contributed by atoms with E-state index in [0.29, 0.717) is 12.8 Å². The van der Waals surface area contributed by atoms with Crippen LogP contribution in [-0.4, -0.2) is 30.5 Å². The Bertz CT molecular complexity index is 453. The molecular formula is C10H16N2O4S. The quantitative estimate of drug-likeness (QED) is 0.679. The largest absolute Gasteiger partial charge is 0.481 e. The highest BCUT2D eigenvalue weighted by Gasteiger charge is 2.21. The summed E-state index contributed by atoms with van der Waals surface area (Å²) >= 11 is 0.